The summed E-state index contributed by atoms with van der Waals surface area (Å²) in [4.78, 5) is 0. The van der Waals surface area contributed by atoms with Gasteiger partial charge in [0.15, 0.2) is 0 Å². The maximum atomic E-state index is 14.9. The Kier molecular flexibility index (Phi) is 7.61. The van der Waals surface area contributed by atoms with Crippen molar-refractivity contribution in [1.82, 2.24) is 0 Å². The third-order valence-electron chi connectivity index (χ3n) is 4.70. The van der Waals surface area contributed by atoms with E-state index in [0.29, 0.717) is 10.6 Å². The molecule has 0 aliphatic rings. The third-order valence-corrected chi connectivity index (χ3v) is 11.6. The predicted molar refractivity (Wildman–Crippen MR) is 140 cm³/mol. The standard InChI is InChI=1S/C26H19F2IP2/c27-22-15-7-9-17-24(22)30(20-11-3-1-4-12-20)19-26(29)31(21-13-5-2-6-14-21)25-18-10-8-16-23(25)28/h1-19H/b26-19-. The zero-order valence-electron chi connectivity index (χ0n) is 16.5. The summed E-state index contributed by atoms with van der Waals surface area (Å²) in [7, 11) is -2.17. The Morgan fingerprint density at radius 1 is 0.581 bits per heavy atom. The highest BCUT2D eigenvalue weighted by Gasteiger charge is 2.23. The van der Waals surface area contributed by atoms with Gasteiger partial charge in [-0.05, 0) is 67.0 Å². The lowest BCUT2D eigenvalue weighted by Gasteiger charge is -2.22. The maximum absolute atomic E-state index is 14.9. The lowest BCUT2D eigenvalue weighted by molar-refractivity contribution is 0.636. The molecule has 4 rings (SSSR count). The SMILES string of the molecule is Fc1ccccc1P(/C=C(/I)P(c1ccccc1)c1ccccc1F)c1ccccc1. The van der Waals surface area contributed by atoms with Crippen molar-refractivity contribution in [3.63, 3.8) is 0 Å². The average molecular weight is 558 g/mol. The van der Waals surface area contributed by atoms with Gasteiger partial charge in [-0.25, -0.2) is 8.78 Å². The quantitative estimate of drug-likeness (QED) is 0.181. The zero-order chi connectivity index (χ0) is 21.6. The largest absolute Gasteiger partial charge is 0.206 e. The first-order chi connectivity index (χ1) is 15.1. The minimum absolute atomic E-state index is 0.213. The second kappa shape index (κ2) is 10.6. The van der Waals surface area contributed by atoms with Crippen LogP contribution in [0.1, 0.15) is 0 Å². The summed E-state index contributed by atoms with van der Waals surface area (Å²) in [6.45, 7) is 0. The Labute approximate surface area is 197 Å². The van der Waals surface area contributed by atoms with Crippen LogP contribution in [-0.2, 0) is 0 Å². The van der Waals surface area contributed by atoms with Gasteiger partial charge in [-0.15, -0.1) is 0 Å². The monoisotopic (exact) mass is 558 g/mol. The van der Waals surface area contributed by atoms with Crippen LogP contribution in [0.25, 0.3) is 0 Å². The molecule has 0 bridgehead atoms. The lowest BCUT2D eigenvalue weighted by atomic mass is 10.3. The van der Waals surface area contributed by atoms with E-state index in [1.807, 2.05) is 84.9 Å². The van der Waals surface area contributed by atoms with Crippen molar-refractivity contribution in [2.75, 3.05) is 0 Å². The Bertz CT molecular complexity index is 1180. The summed E-state index contributed by atoms with van der Waals surface area (Å²) in [5.74, 6) is 1.72. The Hall–Kier alpha value is -1.93. The van der Waals surface area contributed by atoms with E-state index in [4.69, 9.17) is 0 Å². The molecule has 0 spiro atoms. The number of halogens is 3. The van der Waals surface area contributed by atoms with Crippen LogP contribution in [0.5, 0.6) is 0 Å². The summed E-state index contributed by atoms with van der Waals surface area (Å²) in [5, 5.41) is 3.49. The molecular weight excluding hydrogens is 539 g/mol. The maximum Gasteiger partial charge on any atom is 0.131 e. The fourth-order valence-corrected chi connectivity index (χ4v) is 10.1. The van der Waals surface area contributed by atoms with Crippen molar-refractivity contribution in [2.45, 2.75) is 0 Å². The van der Waals surface area contributed by atoms with Crippen molar-refractivity contribution >= 4 is 59.7 Å². The van der Waals surface area contributed by atoms with Gasteiger partial charge in [0.1, 0.15) is 11.6 Å². The van der Waals surface area contributed by atoms with E-state index < -0.39 is 15.8 Å². The molecule has 154 valence electrons. The van der Waals surface area contributed by atoms with Gasteiger partial charge in [0.25, 0.3) is 0 Å². The van der Waals surface area contributed by atoms with E-state index in [1.54, 1.807) is 12.1 Å². The molecule has 0 amide bonds. The van der Waals surface area contributed by atoms with E-state index in [2.05, 4.69) is 28.4 Å². The first-order valence-corrected chi connectivity index (χ1v) is 13.5. The summed E-state index contributed by atoms with van der Waals surface area (Å²) in [5.41, 5.74) is 0. The third kappa shape index (κ3) is 5.29. The molecular formula is C26H19F2IP2. The summed E-state index contributed by atoms with van der Waals surface area (Å²) >= 11 is 2.32. The molecule has 0 fully saturated rings. The summed E-state index contributed by atoms with van der Waals surface area (Å²) < 4.78 is 30.7. The Morgan fingerprint density at radius 3 is 1.58 bits per heavy atom. The van der Waals surface area contributed by atoms with Crippen LogP contribution in [0.2, 0.25) is 0 Å². The molecule has 0 aliphatic carbocycles. The fraction of sp³-hybridized carbons (Fsp3) is 0. The van der Waals surface area contributed by atoms with Crippen LogP contribution in [-0.4, -0.2) is 0 Å². The van der Waals surface area contributed by atoms with Gasteiger partial charge in [-0.2, -0.15) is 0 Å². The molecule has 0 saturated carbocycles. The molecule has 4 aromatic carbocycles. The molecule has 4 aromatic rings. The van der Waals surface area contributed by atoms with Crippen LogP contribution in [0, 0.1) is 11.6 Å². The van der Waals surface area contributed by atoms with E-state index in [-0.39, 0.29) is 11.6 Å². The highest BCUT2D eigenvalue weighted by molar-refractivity contribution is 14.1. The normalized spacial score (nSPS) is 13.6. The van der Waals surface area contributed by atoms with Crippen molar-refractivity contribution in [3.05, 3.63) is 130 Å². The van der Waals surface area contributed by atoms with Crippen LogP contribution < -0.4 is 21.2 Å². The summed E-state index contributed by atoms with van der Waals surface area (Å²) in [6.07, 6.45) is 0. The summed E-state index contributed by atoms with van der Waals surface area (Å²) in [6, 6.07) is 33.9. The highest BCUT2D eigenvalue weighted by atomic mass is 127. The topological polar surface area (TPSA) is 0 Å². The molecule has 0 aliphatic heterocycles. The molecule has 0 saturated heterocycles. The van der Waals surface area contributed by atoms with E-state index in [1.165, 1.54) is 12.1 Å². The molecule has 2 unspecified atom stereocenters. The van der Waals surface area contributed by atoms with E-state index >= 15 is 0 Å². The van der Waals surface area contributed by atoms with Crippen LogP contribution in [0.3, 0.4) is 0 Å². The molecule has 0 radical (unpaired) electrons. The number of hydrogen-bond acceptors (Lipinski definition) is 0. The predicted octanol–water partition coefficient (Wildman–Crippen LogP) is 6.76. The molecule has 2 atom stereocenters. The van der Waals surface area contributed by atoms with Crippen molar-refractivity contribution < 1.29 is 8.78 Å². The van der Waals surface area contributed by atoms with E-state index in [0.717, 1.165) is 13.9 Å². The molecule has 31 heavy (non-hydrogen) atoms. The fourth-order valence-electron chi connectivity index (χ4n) is 3.27. The average Bonchev–Trinajstić information content (AvgIpc) is 2.81. The molecule has 0 heterocycles. The number of rotatable bonds is 6. The molecule has 5 heteroatoms. The second-order valence-corrected chi connectivity index (χ2v) is 12.9. The van der Waals surface area contributed by atoms with Crippen molar-refractivity contribution in [2.24, 2.45) is 0 Å². The van der Waals surface area contributed by atoms with Crippen LogP contribution >= 0.6 is 38.4 Å². The minimum atomic E-state index is -1.09. The first kappa shape index (κ1) is 22.3. The second-order valence-electron chi connectivity index (χ2n) is 6.73. The highest BCUT2D eigenvalue weighted by Crippen LogP contribution is 2.52. The van der Waals surface area contributed by atoms with Gasteiger partial charge in [-0.1, -0.05) is 97.1 Å². The van der Waals surface area contributed by atoms with Gasteiger partial charge in [0.05, 0.1) is 0 Å². The first-order valence-electron chi connectivity index (χ1n) is 9.71. The van der Waals surface area contributed by atoms with Crippen molar-refractivity contribution in [1.29, 1.82) is 0 Å². The van der Waals surface area contributed by atoms with Crippen LogP contribution in [0.15, 0.2) is 118 Å². The van der Waals surface area contributed by atoms with Crippen LogP contribution in [0.4, 0.5) is 8.78 Å². The molecule has 0 N–H and O–H groups in total. The Balaban J connectivity index is 1.87. The van der Waals surface area contributed by atoms with Gasteiger partial charge in [0, 0.05) is 13.9 Å². The van der Waals surface area contributed by atoms with Crippen molar-refractivity contribution in [3.8, 4) is 0 Å². The van der Waals surface area contributed by atoms with Gasteiger partial charge >= 0.3 is 0 Å². The molecule has 0 aromatic heterocycles. The smallest absolute Gasteiger partial charge is 0.131 e. The van der Waals surface area contributed by atoms with Gasteiger partial charge < -0.3 is 0 Å². The Morgan fingerprint density at radius 2 is 1.03 bits per heavy atom. The zero-order valence-corrected chi connectivity index (χ0v) is 20.4. The molecule has 0 nitrogen and oxygen atoms in total. The number of hydrogen-bond donors (Lipinski definition) is 0. The lowest BCUT2D eigenvalue weighted by Crippen LogP contribution is -2.16. The van der Waals surface area contributed by atoms with E-state index in [9.17, 15) is 8.78 Å². The van der Waals surface area contributed by atoms with Gasteiger partial charge in [0.2, 0.25) is 0 Å². The van der Waals surface area contributed by atoms with Gasteiger partial charge in [-0.3, -0.25) is 0 Å². The number of benzene rings is 4. The minimum Gasteiger partial charge on any atom is -0.206 e.